The minimum absolute atomic E-state index is 0.293. The molecule has 1 saturated heterocycles. The van der Waals surface area contributed by atoms with Gasteiger partial charge in [0.2, 0.25) is 17.7 Å². The average Bonchev–Trinajstić information content (AvgIpc) is 3.03. The minimum atomic E-state index is 0.293. The van der Waals surface area contributed by atoms with Crippen molar-refractivity contribution >= 4 is 5.91 Å². The van der Waals surface area contributed by atoms with Crippen molar-refractivity contribution in [2.45, 2.75) is 25.8 Å². The van der Waals surface area contributed by atoms with Crippen LogP contribution in [0, 0.1) is 5.92 Å². The standard InChI is InChI=1S/C18H22N4O2/c23-18(15-7-4-8-15)22-11-9-21(10-12-22)13-16-19-20-17(24-16)14-5-2-1-3-6-14/h1-3,5-6,15H,4,7-13H2. The van der Waals surface area contributed by atoms with Gasteiger partial charge >= 0.3 is 0 Å². The van der Waals surface area contributed by atoms with E-state index in [0.29, 0.717) is 30.2 Å². The Kier molecular flexibility index (Phi) is 4.30. The first kappa shape index (κ1) is 15.3. The van der Waals surface area contributed by atoms with Crippen LogP contribution in [-0.2, 0) is 11.3 Å². The van der Waals surface area contributed by atoms with Gasteiger partial charge in [-0.25, -0.2) is 0 Å². The van der Waals surface area contributed by atoms with Crippen molar-refractivity contribution in [3.05, 3.63) is 36.2 Å². The second-order valence-electron chi connectivity index (χ2n) is 6.60. The summed E-state index contributed by atoms with van der Waals surface area (Å²) in [5.41, 5.74) is 0.937. The zero-order valence-electron chi connectivity index (χ0n) is 13.7. The predicted molar refractivity (Wildman–Crippen MR) is 88.9 cm³/mol. The van der Waals surface area contributed by atoms with Gasteiger partial charge in [0.05, 0.1) is 6.54 Å². The lowest BCUT2D eigenvalue weighted by molar-refractivity contribution is -0.140. The highest BCUT2D eigenvalue weighted by molar-refractivity contribution is 5.79. The van der Waals surface area contributed by atoms with E-state index >= 15 is 0 Å². The van der Waals surface area contributed by atoms with E-state index in [1.54, 1.807) is 0 Å². The first-order valence-corrected chi connectivity index (χ1v) is 8.68. The number of benzene rings is 1. The molecule has 6 heteroatoms. The molecule has 0 N–H and O–H groups in total. The van der Waals surface area contributed by atoms with Gasteiger partial charge in [-0.1, -0.05) is 24.6 Å². The first-order chi connectivity index (χ1) is 11.8. The molecule has 2 aliphatic rings. The molecule has 0 unspecified atom stereocenters. The van der Waals surface area contributed by atoms with Crippen molar-refractivity contribution in [3.63, 3.8) is 0 Å². The van der Waals surface area contributed by atoms with Crippen LogP contribution >= 0.6 is 0 Å². The van der Waals surface area contributed by atoms with Crippen LogP contribution in [0.2, 0.25) is 0 Å². The molecule has 0 atom stereocenters. The maximum absolute atomic E-state index is 12.3. The Labute approximate surface area is 141 Å². The highest BCUT2D eigenvalue weighted by Crippen LogP contribution is 2.28. The van der Waals surface area contributed by atoms with Gasteiger partial charge < -0.3 is 9.32 Å². The number of carbonyl (C=O) groups is 1. The molecule has 126 valence electrons. The van der Waals surface area contributed by atoms with E-state index in [1.165, 1.54) is 6.42 Å². The van der Waals surface area contributed by atoms with Crippen molar-refractivity contribution in [3.8, 4) is 11.5 Å². The fraction of sp³-hybridized carbons (Fsp3) is 0.500. The third kappa shape index (κ3) is 3.19. The third-order valence-corrected chi connectivity index (χ3v) is 4.98. The summed E-state index contributed by atoms with van der Waals surface area (Å²) in [5, 5.41) is 8.28. The molecular formula is C18H22N4O2. The molecule has 2 fully saturated rings. The summed E-state index contributed by atoms with van der Waals surface area (Å²) in [7, 11) is 0. The van der Waals surface area contributed by atoms with Crippen LogP contribution in [0.15, 0.2) is 34.7 Å². The SMILES string of the molecule is O=C(C1CCC1)N1CCN(Cc2nnc(-c3ccccc3)o2)CC1. The van der Waals surface area contributed by atoms with Crippen LogP contribution < -0.4 is 0 Å². The molecule has 6 nitrogen and oxygen atoms in total. The fourth-order valence-corrected chi connectivity index (χ4v) is 3.25. The Hall–Kier alpha value is -2.21. The van der Waals surface area contributed by atoms with E-state index in [9.17, 15) is 4.79 Å². The molecule has 0 spiro atoms. The van der Waals surface area contributed by atoms with Crippen molar-refractivity contribution < 1.29 is 9.21 Å². The summed E-state index contributed by atoms with van der Waals surface area (Å²) in [6, 6.07) is 9.80. The van der Waals surface area contributed by atoms with E-state index in [2.05, 4.69) is 15.1 Å². The fourth-order valence-electron chi connectivity index (χ4n) is 3.25. The van der Waals surface area contributed by atoms with E-state index in [1.807, 2.05) is 35.2 Å². The monoisotopic (exact) mass is 326 g/mol. The molecule has 24 heavy (non-hydrogen) atoms. The van der Waals surface area contributed by atoms with Crippen LogP contribution in [0.5, 0.6) is 0 Å². The van der Waals surface area contributed by atoms with Crippen molar-refractivity contribution in [1.82, 2.24) is 20.0 Å². The van der Waals surface area contributed by atoms with Crippen LogP contribution in [0.3, 0.4) is 0 Å². The first-order valence-electron chi connectivity index (χ1n) is 8.68. The number of hydrogen-bond acceptors (Lipinski definition) is 5. The number of rotatable bonds is 4. The lowest BCUT2D eigenvalue weighted by Gasteiger charge is -2.37. The van der Waals surface area contributed by atoms with Gasteiger partial charge in [0.15, 0.2) is 0 Å². The molecule has 1 saturated carbocycles. The summed E-state index contributed by atoms with van der Waals surface area (Å²) in [6.07, 6.45) is 3.35. The zero-order chi connectivity index (χ0) is 16.4. The highest BCUT2D eigenvalue weighted by atomic mass is 16.4. The number of amides is 1. The van der Waals surface area contributed by atoms with E-state index in [-0.39, 0.29) is 0 Å². The smallest absolute Gasteiger partial charge is 0.247 e. The second-order valence-corrected chi connectivity index (χ2v) is 6.60. The van der Waals surface area contributed by atoms with Gasteiger partial charge in [0.1, 0.15) is 0 Å². The highest BCUT2D eigenvalue weighted by Gasteiger charge is 2.31. The number of nitrogens with zero attached hydrogens (tertiary/aromatic N) is 4. The molecule has 1 aromatic heterocycles. The molecule has 4 rings (SSSR count). The topological polar surface area (TPSA) is 62.5 Å². The van der Waals surface area contributed by atoms with Crippen LogP contribution in [0.1, 0.15) is 25.2 Å². The summed E-state index contributed by atoms with van der Waals surface area (Å²) < 4.78 is 5.77. The van der Waals surface area contributed by atoms with Crippen LogP contribution in [0.25, 0.3) is 11.5 Å². The Bertz CT molecular complexity index is 688. The summed E-state index contributed by atoms with van der Waals surface area (Å²) in [6.45, 7) is 3.97. The third-order valence-electron chi connectivity index (χ3n) is 4.98. The van der Waals surface area contributed by atoms with Gasteiger partial charge in [-0.2, -0.15) is 0 Å². The Balaban J connectivity index is 1.31. The maximum atomic E-state index is 12.3. The molecule has 2 aromatic rings. The number of aromatic nitrogens is 2. The van der Waals surface area contributed by atoms with Crippen LogP contribution in [0.4, 0.5) is 0 Å². The predicted octanol–water partition coefficient (Wildman–Crippen LogP) is 2.18. The number of hydrogen-bond donors (Lipinski definition) is 0. The largest absolute Gasteiger partial charge is 0.419 e. The molecule has 1 aliphatic carbocycles. The minimum Gasteiger partial charge on any atom is -0.419 e. The number of piperazine rings is 1. The number of carbonyl (C=O) groups excluding carboxylic acids is 1. The maximum Gasteiger partial charge on any atom is 0.247 e. The van der Waals surface area contributed by atoms with E-state index in [0.717, 1.165) is 44.6 Å². The molecule has 1 amide bonds. The lowest BCUT2D eigenvalue weighted by Crippen LogP contribution is -2.50. The zero-order valence-corrected chi connectivity index (χ0v) is 13.7. The molecule has 1 aliphatic heterocycles. The molecule has 1 aromatic carbocycles. The van der Waals surface area contributed by atoms with Gasteiger partial charge in [0, 0.05) is 37.7 Å². The van der Waals surface area contributed by atoms with Gasteiger partial charge in [-0.3, -0.25) is 9.69 Å². The van der Waals surface area contributed by atoms with Gasteiger partial charge in [0.25, 0.3) is 0 Å². The van der Waals surface area contributed by atoms with Crippen molar-refractivity contribution in [2.24, 2.45) is 5.92 Å². The molecule has 0 radical (unpaired) electrons. The second kappa shape index (κ2) is 6.73. The van der Waals surface area contributed by atoms with Crippen molar-refractivity contribution in [2.75, 3.05) is 26.2 Å². The average molecular weight is 326 g/mol. The molecular weight excluding hydrogens is 304 g/mol. The summed E-state index contributed by atoms with van der Waals surface area (Å²) in [5.74, 6) is 1.84. The quantitative estimate of drug-likeness (QED) is 0.862. The van der Waals surface area contributed by atoms with E-state index in [4.69, 9.17) is 4.42 Å². The van der Waals surface area contributed by atoms with Gasteiger partial charge in [-0.15, -0.1) is 10.2 Å². The Morgan fingerprint density at radius 2 is 1.83 bits per heavy atom. The Morgan fingerprint density at radius 3 is 2.50 bits per heavy atom. The van der Waals surface area contributed by atoms with Crippen molar-refractivity contribution in [1.29, 1.82) is 0 Å². The Morgan fingerprint density at radius 1 is 1.08 bits per heavy atom. The summed E-state index contributed by atoms with van der Waals surface area (Å²) in [4.78, 5) is 16.6. The molecule has 0 bridgehead atoms. The molecule has 2 heterocycles. The van der Waals surface area contributed by atoms with Gasteiger partial charge in [-0.05, 0) is 25.0 Å². The summed E-state index contributed by atoms with van der Waals surface area (Å²) >= 11 is 0. The van der Waals surface area contributed by atoms with Crippen LogP contribution in [-0.4, -0.2) is 52.1 Å². The van der Waals surface area contributed by atoms with E-state index < -0.39 is 0 Å². The normalized spacial score (nSPS) is 19.2. The lowest BCUT2D eigenvalue weighted by atomic mass is 9.84.